The average molecular weight is 326 g/mol. The molecule has 1 aliphatic heterocycles. The Morgan fingerprint density at radius 1 is 1.30 bits per heavy atom. The Balaban J connectivity index is 1.82. The highest BCUT2D eigenvalue weighted by Crippen LogP contribution is 2.40. The topological polar surface area (TPSA) is 29.0 Å². The summed E-state index contributed by atoms with van der Waals surface area (Å²) in [6, 6.07) is 0.299. The van der Waals surface area contributed by atoms with E-state index < -0.39 is 0 Å². The number of thiophene rings is 1. The van der Waals surface area contributed by atoms with Crippen molar-refractivity contribution in [2.45, 2.75) is 25.3 Å². The van der Waals surface area contributed by atoms with Gasteiger partial charge in [-0.1, -0.05) is 11.6 Å². The molecular formula is C14H16ClN3S2. The molecule has 3 nitrogen and oxygen atoms in total. The van der Waals surface area contributed by atoms with Crippen molar-refractivity contribution in [1.82, 2.24) is 14.9 Å². The zero-order chi connectivity index (χ0) is 13.7. The van der Waals surface area contributed by atoms with E-state index in [2.05, 4.69) is 16.9 Å². The van der Waals surface area contributed by atoms with Crippen molar-refractivity contribution in [3.63, 3.8) is 0 Å². The first kappa shape index (κ1) is 13.3. The summed E-state index contributed by atoms with van der Waals surface area (Å²) in [5.41, 5.74) is 1.41. The van der Waals surface area contributed by atoms with E-state index in [9.17, 15) is 0 Å². The van der Waals surface area contributed by atoms with Crippen LogP contribution >= 0.6 is 34.7 Å². The minimum absolute atomic E-state index is 0.299. The highest BCUT2D eigenvalue weighted by Gasteiger charge is 2.27. The van der Waals surface area contributed by atoms with Crippen molar-refractivity contribution in [2.75, 3.05) is 25.1 Å². The smallest absolute Gasteiger partial charge is 0.149 e. The van der Waals surface area contributed by atoms with E-state index in [1.54, 1.807) is 0 Å². The zero-order valence-corrected chi connectivity index (χ0v) is 13.7. The number of nitrogens with zero attached hydrogens (tertiary/aromatic N) is 3. The van der Waals surface area contributed by atoms with Crippen LogP contribution < -0.4 is 0 Å². The van der Waals surface area contributed by atoms with Crippen LogP contribution in [0, 0.1) is 0 Å². The van der Waals surface area contributed by atoms with Gasteiger partial charge in [0, 0.05) is 22.9 Å². The molecular weight excluding hydrogens is 310 g/mol. The molecule has 0 N–H and O–H groups in total. The molecule has 0 radical (unpaired) electrons. The Morgan fingerprint density at radius 3 is 3.05 bits per heavy atom. The third-order valence-electron chi connectivity index (χ3n) is 4.23. The van der Waals surface area contributed by atoms with Gasteiger partial charge in [-0.3, -0.25) is 4.90 Å². The monoisotopic (exact) mass is 325 g/mol. The van der Waals surface area contributed by atoms with Gasteiger partial charge in [0.15, 0.2) is 0 Å². The highest BCUT2D eigenvalue weighted by atomic mass is 35.5. The van der Waals surface area contributed by atoms with Crippen LogP contribution in [0.5, 0.6) is 0 Å². The molecule has 1 unspecified atom stereocenters. The number of rotatable bonds is 1. The molecule has 2 aliphatic rings. The lowest BCUT2D eigenvalue weighted by Crippen LogP contribution is -2.33. The molecule has 0 aromatic carbocycles. The van der Waals surface area contributed by atoms with E-state index >= 15 is 0 Å². The van der Waals surface area contributed by atoms with Gasteiger partial charge in [-0.15, -0.1) is 11.3 Å². The number of hydrogen-bond donors (Lipinski definition) is 0. The van der Waals surface area contributed by atoms with E-state index in [1.165, 1.54) is 29.0 Å². The molecule has 106 valence electrons. The normalized spacial score (nSPS) is 23.4. The van der Waals surface area contributed by atoms with Gasteiger partial charge in [-0.2, -0.15) is 11.8 Å². The van der Waals surface area contributed by atoms with E-state index in [-0.39, 0.29) is 0 Å². The second kappa shape index (κ2) is 5.13. The van der Waals surface area contributed by atoms with Gasteiger partial charge in [-0.25, -0.2) is 9.97 Å². The molecule has 1 saturated heterocycles. The summed E-state index contributed by atoms with van der Waals surface area (Å²) in [7, 11) is 2.15. The fourth-order valence-corrected chi connectivity index (χ4v) is 5.90. The lowest BCUT2D eigenvalue weighted by Gasteiger charge is -2.30. The van der Waals surface area contributed by atoms with E-state index in [4.69, 9.17) is 16.6 Å². The maximum Gasteiger partial charge on any atom is 0.149 e. The van der Waals surface area contributed by atoms with Crippen LogP contribution in [-0.4, -0.2) is 40.0 Å². The van der Waals surface area contributed by atoms with Crippen LogP contribution in [0.25, 0.3) is 10.2 Å². The number of fused-ring (bicyclic) bond motifs is 3. The predicted octanol–water partition coefficient (Wildman–Crippen LogP) is 3.55. The van der Waals surface area contributed by atoms with Gasteiger partial charge < -0.3 is 0 Å². The Hall–Kier alpha value is -0.360. The summed E-state index contributed by atoms with van der Waals surface area (Å²) in [6.07, 6.45) is 3.56. The van der Waals surface area contributed by atoms with Crippen molar-refractivity contribution in [2.24, 2.45) is 0 Å². The summed E-state index contributed by atoms with van der Waals surface area (Å²) < 4.78 is 0. The molecule has 0 saturated carbocycles. The average Bonchev–Trinajstić information content (AvgIpc) is 2.98. The third kappa shape index (κ3) is 2.06. The van der Waals surface area contributed by atoms with Gasteiger partial charge in [-0.05, 0) is 31.9 Å². The molecule has 0 bridgehead atoms. The Bertz CT molecular complexity index is 670. The number of thioether (sulfide) groups is 1. The largest absolute Gasteiger partial charge is 0.295 e. The number of halogens is 1. The van der Waals surface area contributed by atoms with Crippen LogP contribution in [-0.2, 0) is 12.8 Å². The first-order chi connectivity index (χ1) is 9.74. The zero-order valence-electron chi connectivity index (χ0n) is 11.4. The standard InChI is InChI=1S/C14H16ClN3S2/c1-18-5-6-19-7-9(18)13-16-12(15)11-8-3-2-4-10(8)20-14(11)17-13/h9H,2-7H2,1H3. The molecule has 4 rings (SSSR count). The summed E-state index contributed by atoms with van der Waals surface area (Å²) >= 11 is 10.3. The number of aromatic nitrogens is 2. The van der Waals surface area contributed by atoms with Crippen LogP contribution in [0.2, 0.25) is 5.15 Å². The van der Waals surface area contributed by atoms with Crippen LogP contribution in [0.15, 0.2) is 0 Å². The highest BCUT2D eigenvalue weighted by molar-refractivity contribution is 7.99. The Kier molecular flexibility index (Phi) is 3.41. The van der Waals surface area contributed by atoms with Gasteiger partial charge in [0.1, 0.15) is 15.8 Å². The number of aryl methyl sites for hydroxylation is 2. The van der Waals surface area contributed by atoms with E-state index in [1.807, 2.05) is 23.1 Å². The van der Waals surface area contributed by atoms with Crippen LogP contribution in [0.3, 0.4) is 0 Å². The van der Waals surface area contributed by atoms with Crippen LogP contribution in [0.4, 0.5) is 0 Å². The molecule has 1 fully saturated rings. The fourth-order valence-electron chi connectivity index (χ4n) is 3.07. The molecule has 6 heteroatoms. The molecule has 3 heterocycles. The molecule has 20 heavy (non-hydrogen) atoms. The maximum atomic E-state index is 6.48. The molecule has 0 spiro atoms. The first-order valence-corrected chi connectivity index (χ1v) is 9.34. The summed E-state index contributed by atoms with van der Waals surface area (Å²) in [6.45, 7) is 1.09. The molecule has 0 amide bonds. The Morgan fingerprint density at radius 2 is 2.20 bits per heavy atom. The minimum Gasteiger partial charge on any atom is -0.295 e. The first-order valence-electron chi connectivity index (χ1n) is 6.99. The number of hydrogen-bond acceptors (Lipinski definition) is 5. The second-order valence-electron chi connectivity index (χ2n) is 5.48. The Labute approximate surface area is 131 Å². The van der Waals surface area contributed by atoms with Gasteiger partial charge in [0.2, 0.25) is 0 Å². The molecule has 1 atom stereocenters. The lowest BCUT2D eigenvalue weighted by molar-refractivity contribution is 0.265. The summed E-state index contributed by atoms with van der Waals surface area (Å²) in [5.74, 6) is 3.15. The van der Waals surface area contributed by atoms with Crippen molar-refractivity contribution in [3.05, 3.63) is 21.4 Å². The van der Waals surface area contributed by atoms with Gasteiger partial charge in [0.25, 0.3) is 0 Å². The van der Waals surface area contributed by atoms with E-state index in [0.717, 1.165) is 34.8 Å². The van der Waals surface area contributed by atoms with Crippen molar-refractivity contribution < 1.29 is 0 Å². The maximum absolute atomic E-state index is 6.48. The van der Waals surface area contributed by atoms with Crippen molar-refractivity contribution in [1.29, 1.82) is 0 Å². The van der Waals surface area contributed by atoms with Gasteiger partial charge in [0.05, 0.1) is 11.4 Å². The molecule has 2 aromatic heterocycles. The third-order valence-corrected chi connectivity index (χ3v) is 6.71. The van der Waals surface area contributed by atoms with E-state index in [0.29, 0.717) is 11.2 Å². The summed E-state index contributed by atoms with van der Waals surface area (Å²) in [4.78, 5) is 14.4. The SMILES string of the molecule is CN1CCSCC1c1nc(Cl)c2c3c(sc2n1)CCC3. The summed E-state index contributed by atoms with van der Waals surface area (Å²) in [5, 5.41) is 1.78. The molecule has 1 aliphatic carbocycles. The predicted molar refractivity (Wildman–Crippen MR) is 87.1 cm³/mol. The second-order valence-corrected chi connectivity index (χ2v) is 8.07. The van der Waals surface area contributed by atoms with Crippen LogP contribution in [0.1, 0.15) is 28.7 Å². The minimum atomic E-state index is 0.299. The molecule has 2 aromatic rings. The lowest BCUT2D eigenvalue weighted by atomic mass is 10.2. The van der Waals surface area contributed by atoms with Gasteiger partial charge >= 0.3 is 0 Å². The fraction of sp³-hybridized carbons (Fsp3) is 0.571. The van der Waals surface area contributed by atoms with Crippen molar-refractivity contribution in [3.8, 4) is 0 Å². The quantitative estimate of drug-likeness (QED) is 0.750. The van der Waals surface area contributed by atoms with Crippen molar-refractivity contribution >= 4 is 44.9 Å².